The van der Waals surface area contributed by atoms with Gasteiger partial charge in [0.05, 0.1) is 79.3 Å². The molecule has 23 unspecified atom stereocenters. The summed E-state index contributed by atoms with van der Waals surface area (Å²) in [5, 5.41) is 0. The zero-order valence-corrected chi connectivity index (χ0v) is 85.7. The van der Waals surface area contributed by atoms with Gasteiger partial charge in [0.1, 0.15) is 35.2 Å². The molecule has 0 bridgehead atoms. The van der Waals surface area contributed by atoms with Crippen LogP contribution in [0.5, 0.6) is 23.0 Å². The zero-order chi connectivity index (χ0) is 102. The lowest BCUT2D eigenvalue weighted by molar-refractivity contribution is -0.174. The van der Waals surface area contributed by atoms with Gasteiger partial charge in [0.25, 0.3) is 0 Å². The molecule has 20 rings (SSSR count). The molecule has 23 atom stereocenters. The van der Waals surface area contributed by atoms with Crippen LogP contribution in [-0.4, -0.2) is 95.8 Å². The fourth-order valence-corrected chi connectivity index (χ4v) is 30.8. The SMILES string of the molecule is CC(C)CCCC(C)C1CCC2C3CC(OC(=O)c4ccc5c(c4)C(=O)OC5=O)C4CC(OC(=O)c5ccc6c(c5)C(=O)OC6=O)CCC4(C)C3CCC12C.CC(C)CCCC(C)C1CCC2C3CCC4C(c5ccc(Oc6ccc7c(c6)C(=O)OC7=O)cc5)(c5cccc(Oc6ccc7c(c6)C(=O)OC7=O)c5)CCCC4(C)C3CCC12C.CC1C(=O)OC(=O)C1CCCCCCCCCCC1C(=O)OC(=O)C1C. The van der Waals surface area contributed by atoms with E-state index in [-0.39, 0.29) is 131 Å². The normalized spacial score (nSPS) is 31.7. The number of rotatable bonds is 31. The van der Waals surface area contributed by atoms with Crippen LogP contribution in [0.1, 0.15) is 410 Å². The maximum absolute atomic E-state index is 14.0. The molecule has 24 nitrogen and oxygen atoms in total. The number of benzene rings is 6. The number of cyclic esters (lactones) is 12. The quantitative estimate of drug-likeness (QED) is 0.0169. The van der Waals surface area contributed by atoms with Gasteiger partial charge in [-0.1, -0.05) is 204 Å². The lowest BCUT2D eigenvalue weighted by Gasteiger charge is -2.65. The van der Waals surface area contributed by atoms with E-state index in [1.165, 1.54) is 144 Å². The van der Waals surface area contributed by atoms with Crippen molar-refractivity contribution in [1.29, 1.82) is 0 Å². The van der Waals surface area contributed by atoms with Gasteiger partial charge >= 0.3 is 83.6 Å². The lowest BCUT2D eigenvalue weighted by atomic mass is 9.39. The summed E-state index contributed by atoms with van der Waals surface area (Å²) in [4.78, 5) is 171. The summed E-state index contributed by atoms with van der Waals surface area (Å²) in [6, 6.07) is 35.4. The van der Waals surface area contributed by atoms with Crippen molar-refractivity contribution >= 4 is 83.6 Å². The average Bonchev–Trinajstić information content (AvgIpc) is 1.31. The van der Waals surface area contributed by atoms with Crippen molar-refractivity contribution in [1.82, 2.24) is 0 Å². The molecule has 6 aromatic carbocycles. The summed E-state index contributed by atoms with van der Waals surface area (Å²) in [5.41, 5.74) is 4.44. The highest BCUT2D eigenvalue weighted by Crippen LogP contribution is 2.73. The van der Waals surface area contributed by atoms with Crippen LogP contribution in [0.4, 0.5) is 0 Å². The van der Waals surface area contributed by atoms with E-state index in [0.717, 1.165) is 132 Å². The number of carbonyl (C=O) groups excluding carboxylic acids is 14. The van der Waals surface area contributed by atoms with Gasteiger partial charge in [0.15, 0.2) is 0 Å². The fraction of sp³-hybridized carbons (Fsp3) is 0.583. The topological polar surface area (TPSA) is 331 Å². The van der Waals surface area contributed by atoms with Gasteiger partial charge in [-0.05, 0) is 322 Å². The second kappa shape index (κ2) is 41.9. The Hall–Kier alpha value is -11.3. The minimum atomic E-state index is -0.783. The van der Waals surface area contributed by atoms with E-state index in [1.54, 1.807) is 50.2 Å². The van der Waals surface area contributed by atoms with Crippen molar-refractivity contribution in [2.75, 3.05) is 0 Å². The molecule has 0 aromatic heterocycles. The van der Waals surface area contributed by atoms with Crippen LogP contribution in [0.2, 0.25) is 0 Å². The molecule has 8 aliphatic carbocycles. The largest absolute Gasteiger partial charge is 0.459 e. The third-order valence-corrected chi connectivity index (χ3v) is 38.2. The Labute approximate surface area is 845 Å². The minimum Gasteiger partial charge on any atom is -0.459 e. The van der Waals surface area contributed by atoms with Crippen molar-refractivity contribution in [3.05, 3.63) is 188 Å². The molecule has 2 saturated heterocycles. The predicted molar refractivity (Wildman–Crippen MR) is 532 cm³/mol. The van der Waals surface area contributed by atoms with Crippen LogP contribution in [0, 0.1) is 128 Å². The van der Waals surface area contributed by atoms with Gasteiger partial charge in [0.2, 0.25) is 0 Å². The highest BCUT2D eigenvalue weighted by atomic mass is 16.6. The van der Waals surface area contributed by atoms with Crippen LogP contribution in [0.15, 0.2) is 121 Å². The molecule has 6 heterocycles. The summed E-state index contributed by atoms with van der Waals surface area (Å²) >= 11 is 0. The summed E-state index contributed by atoms with van der Waals surface area (Å²) in [7, 11) is 0. The van der Waals surface area contributed by atoms with E-state index < -0.39 is 71.9 Å². The molecule has 14 aliphatic rings. The number of fused-ring (bicyclic) bond motifs is 14. The van der Waals surface area contributed by atoms with Crippen molar-refractivity contribution in [2.45, 2.75) is 313 Å². The minimum absolute atomic E-state index is 0.0496. The molecule has 10 fully saturated rings. The molecule has 766 valence electrons. The van der Waals surface area contributed by atoms with Crippen LogP contribution in [0.3, 0.4) is 0 Å². The van der Waals surface area contributed by atoms with Crippen molar-refractivity contribution in [3.8, 4) is 23.0 Å². The van der Waals surface area contributed by atoms with Gasteiger partial charge in [-0.25, -0.2) is 47.9 Å². The Balaban J connectivity index is 0.000000154. The summed E-state index contributed by atoms with van der Waals surface area (Å²) in [5.74, 6) is 1.19. The average molecular weight is 1970 g/mol. The number of unbranched alkanes of at least 4 members (excludes halogenated alkanes) is 7. The number of carbonyl (C=O) groups is 14. The molecule has 0 N–H and O–H groups in total. The van der Waals surface area contributed by atoms with Crippen molar-refractivity contribution < 1.29 is 114 Å². The van der Waals surface area contributed by atoms with Crippen molar-refractivity contribution in [2.24, 2.45) is 128 Å². The molecule has 0 spiro atoms. The Morgan fingerprint density at radius 3 is 1.24 bits per heavy atom. The number of hydrogen-bond donors (Lipinski definition) is 0. The van der Waals surface area contributed by atoms with E-state index >= 15 is 0 Å². The van der Waals surface area contributed by atoms with Crippen LogP contribution < -0.4 is 9.47 Å². The molecular formula is C120H142O24. The zero-order valence-electron chi connectivity index (χ0n) is 85.7. The smallest absolute Gasteiger partial charge is 0.347 e. The highest BCUT2D eigenvalue weighted by molar-refractivity contribution is 6.18. The maximum Gasteiger partial charge on any atom is 0.347 e. The van der Waals surface area contributed by atoms with Gasteiger partial charge < -0.3 is 47.4 Å². The Kier molecular flexibility index (Phi) is 29.9. The van der Waals surface area contributed by atoms with E-state index in [1.807, 2.05) is 18.2 Å². The molecule has 0 amide bonds. The fourth-order valence-electron chi connectivity index (χ4n) is 30.8. The predicted octanol–water partition coefficient (Wildman–Crippen LogP) is 25.6. The number of esters is 14. The molecule has 0 radical (unpaired) electrons. The standard InChI is InChI=1S/C55H60O8.C45H52O10.C20H30O6/c1-32(2)9-6-10-33(3)45-22-23-46-42-21-24-48-54(5,47(42)25-28-53(45,46)4)26-8-27-55(48,34-13-15-36(16-14-34)60-38-17-19-40-43(30-38)51(58)62-49(40)56)35-11-7-12-37(29-35)61-39-18-20-41-44(31-39)52(59)63-50(41)57;1-23(2)7-6-8-24(3)33-13-14-34-32-22-37(53-39(47)26-10-12-29-31(20-26)43(51)55-41(29)49)36-21-27(15-17-45(36,5)35(32)16-18-44(33,34)4)52-38(46)25-9-11-28-30(19-25)42(50)54-40(28)48;1-13-15(19(23)25-17(13)21)11-9-7-5-3-4-6-8-10-12-16-14(2)18(22)26-20(16)24/h7,11-20,29-33,42,45-48H,6,8-10,21-28H2,1-5H3;9-12,19-20,23-24,27,32-37H,6-8,13-18,21-22H2,1-5H3;13-16H,3-12H2,1-2H3. The van der Waals surface area contributed by atoms with E-state index in [9.17, 15) is 67.1 Å². The van der Waals surface area contributed by atoms with E-state index in [0.29, 0.717) is 88.6 Å². The molecule has 144 heavy (non-hydrogen) atoms. The summed E-state index contributed by atoms with van der Waals surface area (Å²) in [6.45, 7) is 28.1. The first-order valence-corrected chi connectivity index (χ1v) is 54.0. The first-order valence-electron chi connectivity index (χ1n) is 54.0. The third kappa shape index (κ3) is 19.9. The highest BCUT2D eigenvalue weighted by Gasteiger charge is 2.67. The van der Waals surface area contributed by atoms with Gasteiger partial charge in [-0.2, -0.15) is 0 Å². The Morgan fingerprint density at radius 1 is 0.340 bits per heavy atom. The summed E-state index contributed by atoms with van der Waals surface area (Å²) < 4.78 is 53.9. The Bertz CT molecular complexity index is 5970. The number of hydrogen-bond acceptors (Lipinski definition) is 24. The van der Waals surface area contributed by atoms with Crippen molar-refractivity contribution in [3.63, 3.8) is 0 Å². The van der Waals surface area contributed by atoms with Gasteiger partial charge in [-0.15, -0.1) is 0 Å². The third-order valence-electron chi connectivity index (χ3n) is 38.2. The van der Waals surface area contributed by atoms with Gasteiger partial charge in [-0.3, -0.25) is 19.2 Å². The second-order valence-corrected chi connectivity index (χ2v) is 46.9. The van der Waals surface area contributed by atoms with Gasteiger partial charge in [0, 0.05) is 11.3 Å². The molecule has 8 saturated carbocycles. The second-order valence-electron chi connectivity index (χ2n) is 46.9. The van der Waals surface area contributed by atoms with Crippen LogP contribution in [0.25, 0.3) is 0 Å². The monoisotopic (exact) mass is 1970 g/mol. The maximum atomic E-state index is 14.0. The summed E-state index contributed by atoms with van der Waals surface area (Å²) in [6.07, 6.45) is 35.6. The first kappa shape index (κ1) is 103. The van der Waals surface area contributed by atoms with E-state index in [4.69, 9.17) is 37.9 Å². The van der Waals surface area contributed by atoms with Crippen LogP contribution in [-0.2, 0) is 62.5 Å². The Morgan fingerprint density at radius 2 is 0.757 bits per heavy atom. The van der Waals surface area contributed by atoms with Crippen LogP contribution >= 0.6 is 0 Å². The lowest BCUT2D eigenvalue weighted by Crippen LogP contribution is -2.59. The first-order chi connectivity index (χ1) is 68.9. The molecule has 24 heteroatoms. The van der Waals surface area contributed by atoms with E-state index in [2.05, 4.69) is 109 Å². The molecular weight excluding hydrogens is 1830 g/mol. The number of ether oxygens (including phenoxy) is 10. The molecule has 6 aromatic rings. The molecule has 6 aliphatic heterocycles.